The van der Waals surface area contributed by atoms with Gasteiger partial charge in [0, 0.05) is 35.3 Å². The number of H-pyrrole nitrogens is 1. The van der Waals surface area contributed by atoms with Crippen LogP contribution < -0.4 is 24.8 Å². The van der Waals surface area contributed by atoms with Gasteiger partial charge in [-0.15, -0.1) is 0 Å². The summed E-state index contributed by atoms with van der Waals surface area (Å²) in [5.74, 6) is 3.07. The third-order valence-corrected chi connectivity index (χ3v) is 5.10. The molecular formula is C24H32N4O4. The Morgan fingerprint density at radius 3 is 2.34 bits per heavy atom. The smallest absolute Gasteiger partial charge is 0.324 e. The molecule has 1 unspecified atom stereocenters. The Labute approximate surface area is 188 Å². The Hall–Kier alpha value is -3.42. The Morgan fingerprint density at radius 2 is 1.69 bits per heavy atom. The van der Waals surface area contributed by atoms with E-state index in [0.717, 1.165) is 29.5 Å². The second-order valence-electron chi connectivity index (χ2n) is 8.21. The fourth-order valence-electron chi connectivity index (χ4n) is 3.42. The summed E-state index contributed by atoms with van der Waals surface area (Å²) in [6, 6.07) is 10.4. The summed E-state index contributed by atoms with van der Waals surface area (Å²) in [5, 5.41) is 13.5. The number of carbonyl (C=O) groups is 1. The number of carbonyl (C=O) groups excluding carboxylic acids is 1. The van der Waals surface area contributed by atoms with Crippen molar-refractivity contribution >= 4 is 28.4 Å². The van der Waals surface area contributed by atoms with Gasteiger partial charge in [-0.3, -0.25) is 10.4 Å². The lowest BCUT2D eigenvalue weighted by Crippen LogP contribution is -2.19. The molecule has 32 heavy (non-hydrogen) atoms. The molecule has 3 N–H and O–H groups in total. The Balaban J connectivity index is 1.63. The van der Waals surface area contributed by atoms with Crippen molar-refractivity contribution in [3.8, 4) is 17.2 Å². The van der Waals surface area contributed by atoms with Crippen LogP contribution in [0.1, 0.15) is 40.0 Å². The lowest BCUT2D eigenvalue weighted by molar-refractivity contribution is 0.205. The van der Waals surface area contributed by atoms with Gasteiger partial charge in [-0.1, -0.05) is 20.3 Å². The van der Waals surface area contributed by atoms with Crippen LogP contribution >= 0.6 is 0 Å². The van der Waals surface area contributed by atoms with Gasteiger partial charge in [0.1, 0.15) is 17.2 Å². The molecule has 0 spiro atoms. The van der Waals surface area contributed by atoms with Gasteiger partial charge in [-0.25, -0.2) is 4.79 Å². The Morgan fingerprint density at radius 1 is 0.969 bits per heavy atom. The number of ether oxygens (including phenoxy) is 3. The van der Waals surface area contributed by atoms with Crippen LogP contribution in [0.5, 0.6) is 17.2 Å². The van der Waals surface area contributed by atoms with Gasteiger partial charge in [0.15, 0.2) is 5.82 Å². The van der Waals surface area contributed by atoms with Gasteiger partial charge in [0.05, 0.1) is 25.8 Å². The number of nitrogens with zero attached hydrogens (tertiary/aromatic N) is 1. The number of hydrogen-bond acceptors (Lipinski definition) is 5. The minimum absolute atomic E-state index is 0.136. The summed E-state index contributed by atoms with van der Waals surface area (Å²) >= 11 is 0. The molecule has 0 bridgehead atoms. The normalized spacial score (nSPS) is 11.9. The molecule has 8 heteroatoms. The molecule has 1 atom stereocenters. The number of amides is 2. The molecule has 0 aliphatic rings. The molecule has 0 radical (unpaired) electrons. The van der Waals surface area contributed by atoms with E-state index >= 15 is 0 Å². The van der Waals surface area contributed by atoms with Gasteiger partial charge >= 0.3 is 6.03 Å². The molecule has 1 heterocycles. The maximum atomic E-state index is 12.5. The van der Waals surface area contributed by atoms with E-state index in [0.29, 0.717) is 28.9 Å². The predicted octanol–water partition coefficient (Wildman–Crippen LogP) is 5.82. The minimum atomic E-state index is -0.423. The largest absolute Gasteiger partial charge is 0.497 e. The van der Waals surface area contributed by atoms with Crippen LogP contribution in [0.3, 0.4) is 0 Å². The number of aromatic nitrogens is 2. The first kappa shape index (κ1) is 23.2. The van der Waals surface area contributed by atoms with Crippen LogP contribution in [0.2, 0.25) is 0 Å². The van der Waals surface area contributed by atoms with E-state index in [1.807, 2.05) is 18.2 Å². The molecule has 0 saturated carbocycles. The van der Waals surface area contributed by atoms with Crippen molar-refractivity contribution in [2.24, 2.45) is 5.92 Å². The number of urea groups is 1. The molecule has 2 amide bonds. The van der Waals surface area contributed by atoms with E-state index in [1.165, 1.54) is 6.42 Å². The van der Waals surface area contributed by atoms with Crippen LogP contribution in [0.4, 0.5) is 16.3 Å². The van der Waals surface area contributed by atoms with E-state index < -0.39 is 6.03 Å². The topological polar surface area (TPSA) is 97.5 Å². The highest BCUT2D eigenvalue weighted by Crippen LogP contribution is 2.28. The Kier molecular flexibility index (Phi) is 7.81. The van der Waals surface area contributed by atoms with Crippen molar-refractivity contribution in [1.29, 1.82) is 0 Å². The average molecular weight is 441 g/mol. The third kappa shape index (κ3) is 6.29. The standard InChI is InChI=1S/C24H32N4O4/c1-15(2)7-6-8-16(3)32-18-9-10-21-22(14-18)27-28-23(21)26-24(29)25-17-11-19(30-4)13-20(12-17)31-5/h9-16H,6-8H2,1-5H3,(H3,25,26,27,28,29). The van der Waals surface area contributed by atoms with Crippen LogP contribution in [0.15, 0.2) is 36.4 Å². The zero-order chi connectivity index (χ0) is 23.1. The first-order valence-electron chi connectivity index (χ1n) is 10.8. The van der Waals surface area contributed by atoms with Crippen molar-refractivity contribution in [3.63, 3.8) is 0 Å². The molecule has 2 aromatic carbocycles. The first-order chi connectivity index (χ1) is 15.4. The highest BCUT2D eigenvalue weighted by Gasteiger charge is 2.13. The maximum Gasteiger partial charge on any atom is 0.324 e. The van der Waals surface area contributed by atoms with Crippen LogP contribution in [-0.4, -0.2) is 36.6 Å². The number of anilines is 2. The van der Waals surface area contributed by atoms with Gasteiger partial charge in [-0.05, 0) is 37.8 Å². The molecule has 8 nitrogen and oxygen atoms in total. The van der Waals surface area contributed by atoms with E-state index in [9.17, 15) is 4.79 Å². The van der Waals surface area contributed by atoms with Crippen molar-refractivity contribution < 1.29 is 19.0 Å². The highest BCUT2D eigenvalue weighted by atomic mass is 16.5. The van der Waals surface area contributed by atoms with Crippen LogP contribution in [0.25, 0.3) is 10.9 Å². The summed E-state index contributed by atoms with van der Waals surface area (Å²) in [7, 11) is 3.11. The molecule has 0 aliphatic carbocycles. The summed E-state index contributed by atoms with van der Waals surface area (Å²) in [6.07, 6.45) is 3.50. The van der Waals surface area contributed by atoms with Crippen molar-refractivity contribution in [2.45, 2.75) is 46.1 Å². The number of rotatable bonds is 10. The summed E-state index contributed by atoms with van der Waals surface area (Å²) in [5.41, 5.74) is 1.33. The molecule has 3 aromatic rings. The number of methoxy groups -OCH3 is 2. The van der Waals surface area contributed by atoms with Crippen LogP contribution in [0, 0.1) is 5.92 Å². The van der Waals surface area contributed by atoms with E-state index in [-0.39, 0.29) is 6.10 Å². The summed E-state index contributed by atoms with van der Waals surface area (Å²) < 4.78 is 16.5. The van der Waals surface area contributed by atoms with Crippen molar-refractivity contribution in [2.75, 3.05) is 24.9 Å². The van der Waals surface area contributed by atoms with E-state index in [4.69, 9.17) is 14.2 Å². The Bertz CT molecular complexity index is 1030. The first-order valence-corrected chi connectivity index (χ1v) is 10.8. The summed E-state index contributed by atoms with van der Waals surface area (Å²) in [6.45, 7) is 6.55. The fraction of sp³-hybridized carbons (Fsp3) is 0.417. The lowest BCUT2D eigenvalue weighted by Gasteiger charge is -2.15. The summed E-state index contributed by atoms with van der Waals surface area (Å²) in [4.78, 5) is 12.5. The average Bonchev–Trinajstić information content (AvgIpc) is 3.14. The van der Waals surface area contributed by atoms with Crippen LogP contribution in [-0.2, 0) is 0 Å². The van der Waals surface area contributed by atoms with E-state index in [2.05, 4.69) is 41.6 Å². The van der Waals surface area contributed by atoms with E-state index in [1.54, 1.807) is 32.4 Å². The quantitative estimate of drug-likeness (QED) is 0.369. The number of fused-ring (bicyclic) bond motifs is 1. The third-order valence-electron chi connectivity index (χ3n) is 5.10. The predicted molar refractivity (Wildman–Crippen MR) is 127 cm³/mol. The molecule has 1 aromatic heterocycles. The number of nitrogens with one attached hydrogen (secondary N) is 3. The van der Waals surface area contributed by atoms with Gasteiger partial charge < -0.3 is 19.5 Å². The highest BCUT2D eigenvalue weighted by molar-refractivity contribution is 6.04. The molecule has 0 fully saturated rings. The molecule has 172 valence electrons. The molecule has 0 saturated heterocycles. The van der Waals surface area contributed by atoms with Gasteiger partial charge in [0.2, 0.25) is 0 Å². The second kappa shape index (κ2) is 10.7. The monoisotopic (exact) mass is 440 g/mol. The number of benzene rings is 2. The van der Waals surface area contributed by atoms with Gasteiger partial charge in [0.25, 0.3) is 0 Å². The zero-order valence-electron chi connectivity index (χ0n) is 19.3. The minimum Gasteiger partial charge on any atom is -0.497 e. The zero-order valence-corrected chi connectivity index (χ0v) is 19.3. The SMILES string of the molecule is COc1cc(NC(=O)Nc2n[nH]c3cc(OC(C)CCCC(C)C)ccc23)cc(OC)c1. The number of hydrogen-bond donors (Lipinski definition) is 3. The molecule has 0 aliphatic heterocycles. The lowest BCUT2D eigenvalue weighted by atomic mass is 10.0. The second-order valence-corrected chi connectivity index (χ2v) is 8.21. The number of aromatic amines is 1. The maximum absolute atomic E-state index is 12.5. The van der Waals surface area contributed by atoms with Crippen molar-refractivity contribution in [3.05, 3.63) is 36.4 Å². The fourth-order valence-corrected chi connectivity index (χ4v) is 3.42. The van der Waals surface area contributed by atoms with Crippen molar-refractivity contribution in [1.82, 2.24) is 10.2 Å². The molecule has 3 rings (SSSR count). The molecular weight excluding hydrogens is 408 g/mol. The van der Waals surface area contributed by atoms with Gasteiger partial charge in [-0.2, -0.15) is 5.10 Å².